The highest BCUT2D eigenvalue weighted by atomic mass is 32.1. The number of thiophene rings is 2. The zero-order valence-electron chi connectivity index (χ0n) is 11.3. The second-order valence-corrected chi connectivity index (χ2v) is 7.40. The third kappa shape index (κ3) is 3.10. The summed E-state index contributed by atoms with van der Waals surface area (Å²) < 4.78 is 0. The van der Waals surface area contributed by atoms with Gasteiger partial charge in [-0.1, -0.05) is 25.0 Å². The molecule has 0 saturated heterocycles. The lowest BCUT2D eigenvalue weighted by Crippen LogP contribution is -2.28. The molecule has 1 fully saturated rings. The van der Waals surface area contributed by atoms with Gasteiger partial charge in [0.2, 0.25) is 0 Å². The molecule has 0 aromatic carbocycles. The van der Waals surface area contributed by atoms with Gasteiger partial charge in [0.15, 0.2) is 0 Å². The molecule has 1 aliphatic rings. The van der Waals surface area contributed by atoms with Crippen LogP contribution in [0.25, 0.3) is 0 Å². The summed E-state index contributed by atoms with van der Waals surface area (Å²) in [5.41, 5.74) is 0. The quantitative estimate of drug-likeness (QED) is 0.778. The van der Waals surface area contributed by atoms with Gasteiger partial charge in [-0.15, -0.1) is 22.7 Å². The predicted molar refractivity (Wildman–Crippen MR) is 84.9 cm³/mol. The summed E-state index contributed by atoms with van der Waals surface area (Å²) in [6.45, 7) is 2.29. The van der Waals surface area contributed by atoms with Gasteiger partial charge in [-0.25, -0.2) is 0 Å². The number of rotatable bonds is 5. The van der Waals surface area contributed by atoms with Crippen molar-refractivity contribution in [3.8, 4) is 0 Å². The smallest absolute Gasteiger partial charge is 0.0448 e. The summed E-state index contributed by atoms with van der Waals surface area (Å²) in [6, 6.07) is 9.85. The van der Waals surface area contributed by atoms with Gasteiger partial charge in [0.05, 0.1) is 0 Å². The number of nitrogens with one attached hydrogen (secondary N) is 1. The first-order valence-electron chi connectivity index (χ1n) is 7.17. The van der Waals surface area contributed by atoms with Crippen LogP contribution in [0.5, 0.6) is 0 Å². The molecule has 2 aromatic heterocycles. The van der Waals surface area contributed by atoms with Crippen LogP contribution in [-0.4, -0.2) is 0 Å². The van der Waals surface area contributed by atoms with E-state index in [1.807, 2.05) is 22.7 Å². The third-order valence-corrected chi connectivity index (χ3v) is 6.13. The van der Waals surface area contributed by atoms with E-state index in [-0.39, 0.29) is 0 Å². The van der Waals surface area contributed by atoms with Crippen LogP contribution in [0.1, 0.15) is 54.4 Å². The van der Waals surface area contributed by atoms with Crippen LogP contribution in [0.2, 0.25) is 0 Å². The Labute approximate surface area is 123 Å². The van der Waals surface area contributed by atoms with E-state index in [0.717, 1.165) is 5.92 Å². The fraction of sp³-hybridized carbons (Fsp3) is 0.500. The minimum atomic E-state index is 0.452. The summed E-state index contributed by atoms with van der Waals surface area (Å²) in [4.78, 5) is 2.95. The molecular weight excluding hydrogens is 270 g/mol. The molecule has 0 bridgehead atoms. The molecule has 0 aliphatic heterocycles. The van der Waals surface area contributed by atoms with Gasteiger partial charge in [-0.2, -0.15) is 0 Å². The van der Waals surface area contributed by atoms with Crippen molar-refractivity contribution in [2.45, 2.75) is 44.7 Å². The van der Waals surface area contributed by atoms with Gasteiger partial charge in [0.1, 0.15) is 0 Å². The molecule has 2 heterocycles. The molecule has 1 nitrogen and oxygen atoms in total. The largest absolute Gasteiger partial charge is 0.302 e. The van der Waals surface area contributed by atoms with Crippen molar-refractivity contribution in [2.75, 3.05) is 0 Å². The SMILES string of the molecule is C[C@@H](NC(c1cccs1)C1CCCC1)c1cccs1. The number of hydrogen-bond donors (Lipinski definition) is 1. The summed E-state index contributed by atoms with van der Waals surface area (Å²) in [5.74, 6) is 0.820. The van der Waals surface area contributed by atoms with Crippen molar-refractivity contribution >= 4 is 22.7 Å². The zero-order chi connectivity index (χ0) is 13.1. The van der Waals surface area contributed by atoms with E-state index in [1.165, 1.54) is 35.4 Å². The second kappa shape index (κ2) is 6.21. The molecule has 1 aliphatic carbocycles. The van der Waals surface area contributed by atoms with Crippen LogP contribution < -0.4 is 5.32 Å². The van der Waals surface area contributed by atoms with E-state index in [0.29, 0.717) is 12.1 Å². The fourth-order valence-corrected chi connectivity index (χ4v) is 4.72. The lowest BCUT2D eigenvalue weighted by Gasteiger charge is -2.27. The molecule has 1 saturated carbocycles. The molecular formula is C16H21NS2. The molecule has 2 atom stereocenters. The van der Waals surface area contributed by atoms with Gasteiger partial charge in [0, 0.05) is 21.8 Å². The van der Waals surface area contributed by atoms with Gasteiger partial charge in [0.25, 0.3) is 0 Å². The average Bonchev–Trinajstić information content (AvgIpc) is 3.17. The monoisotopic (exact) mass is 291 g/mol. The molecule has 0 spiro atoms. The molecule has 3 rings (SSSR count). The van der Waals surface area contributed by atoms with Crippen LogP contribution in [0.15, 0.2) is 35.0 Å². The molecule has 19 heavy (non-hydrogen) atoms. The normalized spacial score (nSPS) is 19.6. The zero-order valence-corrected chi connectivity index (χ0v) is 13.0. The summed E-state index contributed by atoms with van der Waals surface area (Å²) in [7, 11) is 0. The molecule has 102 valence electrons. The Bertz CT molecular complexity index is 469. The third-order valence-electron chi connectivity index (χ3n) is 4.12. The van der Waals surface area contributed by atoms with Crippen molar-refractivity contribution in [3.63, 3.8) is 0 Å². The molecule has 2 aromatic rings. The minimum absolute atomic E-state index is 0.452. The van der Waals surface area contributed by atoms with E-state index in [1.54, 1.807) is 0 Å². The first kappa shape index (κ1) is 13.3. The van der Waals surface area contributed by atoms with Crippen molar-refractivity contribution in [2.24, 2.45) is 5.92 Å². The summed E-state index contributed by atoms with van der Waals surface area (Å²) >= 11 is 3.75. The average molecular weight is 291 g/mol. The fourth-order valence-electron chi connectivity index (χ4n) is 3.10. The van der Waals surface area contributed by atoms with E-state index in [2.05, 4.69) is 47.3 Å². The van der Waals surface area contributed by atoms with Gasteiger partial charge < -0.3 is 5.32 Å². The second-order valence-electron chi connectivity index (χ2n) is 5.44. The van der Waals surface area contributed by atoms with E-state index in [9.17, 15) is 0 Å². The first-order valence-corrected chi connectivity index (χ1v) is 8.93. The highest BCUT2D eigenvalue weighted by Crippen LogP contribution is 2.38. The highest BCUT2D eigenvalue weighted by Gasteiger charge is 2.28. The highest BCUT2D eigenvalue weighted by molar-refractivity contribution is 7.10. The van der Waals surface area contributed by atoms with Gasteiger partial charge in [-0.05, 0) is 48.6 Å². The Balaban J connectivity index is 1.75. The van der Waals surface area contributed by atoms with E-state index >= 15 is 0 Å². The van der Waals surface area contributed by atoms with Crippen molar-refractivity contribution in [3.05, 3.63) is 44.8 Å². The Hall–Kier alpha value is -0.640. The van der Waals surface area contributed by atoms with E-state index < -0.39 is 0 Å². The Morgan fingerprint density at radius 3 is 2.26 bits per heavy atom. The van der Waals surface area contributed by atoms with Crippen LogP contribution in [-0.2, 0) is 0 Å². The Morgan fingerprint density at radius 1 is 1.05 bits per heavy atom. The topological polar surface area (TPSA) is 12.0 Å². The molecule has 1 N–H and O–H groups in total. The maximum absolute atomic E-state index is 3.88. The predicted octanol–water partition coefficient (Wildman–Crippen LogP) is 5.39. The van der Waals surface area contributed by atoms with Crippen molar-refractivity contribution in [1.29, 1.82) is 0 Å². The van der Waals surface area contributed by atoms with Crippen LogP contribution in [0, 0.1) is 5.92 Å². The summed E-state index contributed by atoms with van der Waals surface area (Å²) in [5, 5.41) is 8.26. The number of hydrogen-bond acceptors (Lipinski definition) is 3. The van der Waals surface area contributed by atoms with Crippen LogP contribution >= 0.6 is 22.7 Å². The lowest BCUT2D eigenvalue weighted by atomic mass is 9.96. The molecule has 3 heteroatoms. The Kier molecular flexibility index (Phi) is 4.36. The van der Waals surface area contributed by atoms with Gasteiger partial charge in [-0.3, -0.25) is 0 Å². The minimum Gasteiger partial charge on any atom is -0.302 e. The van der Waals surface area contributed by atoms with Crippen molar-refractivity contribution in [1.82, 2.24) is 5.32 Å². The lowest BCUT2D eigenvalue weighted by molar-refractivity contribution is 0.345. The Morgan fingerprint density at radius 2 is 1.68 bits per heavy atom. The standard InChI is InChI=1S/C16H21NS2/c1-12(14-8-4-10-18-14)17-16(13-6-2-3-7-13)15-9-5-11-19-15/h4-5,8-13,16-17H,2-3,6-7H2,1H3/t12-,16?/m1/s1. The molecule has 0 radical (unpaired) electrons. The maximum Gasteiger partial charge on any atom is 0.0448 e. The molecule has 1 unspecified atom stereocenters. The summed E-state index contributed by atoms with van der Waals surface area (Å²) in [6.07, 6.45) is 5.57. The van der Waals surface area contributed by atoms with Gasteiger partial charge >= 0.3 is 0 Å². The van der Waals surface area contributed by atoms with Crippen LogP contribution in [0.4, 0.5) is 0 Å². The first-order chi connectivity index (χ1) is 9.34. The van der Waals surface area contributed by atoms with Crippen LogP contribution in [0.3, 0.4) is 0 Å². The maximum atomic E-state index is 3.88. The van der Waals surface area contributed by atoms with E-state index in [4.69, 9.17) is 0 Å². The molecule has 0 amide bonds. The van der Waals surface area contributed by atoms with Crippen molar-refractivity contribution < 1.29 is 0 Å².